The molecule has 0 bridgehead atoms. The molecule has 1 aliphatic rings. The van der Waals surface area contributed by atoms with Gasteiger partial charge in [0, 0.05) is 24.0 Å². The van der Waals surface area contributed by atoms with Gasteiger partial charge in [-0.25, -0.2) is 0 Å². The minimum absolute atomic E-state index is 0.231. The average molecular weight is 284 g/mol. The van der Waals surface area contributed by atoms with Crippen molar-refractivity contribution in [1.82, 2.24) is 4.57 Å². The van der Waals surface area contributed by atoms with Gasteiger partial charge in [-0.2, -0.15) is 0 Å². The molecule has 1 aliphatic carbocycles. The first kappa shape index (κ1) is 14.2. The molecule has 112 valence electrons. The van der Waals surface area contributed by atoms with Gasteiger partial charge in [-0.15, -0.1) is 0 Å². The number of para-hydroxylation sites is 1. The lowest BCUT2D eigenvalue weighted by atomic mass is 9.93. The third kappa shape index (κ3) is 3.13. The van der Waals surface area contributed by atoms with Crippen LogP contribution in [-0.2, 0) is 13.0 Å². The van der Waals surface area contributed by atoms with Gasteiger partial charge in [-0.05, 0) is 56.4 Å². The monoisotopic (exact) mass is 284 g/mol. The third-order valence-electron chi connectivity index (χ3n) is 4.32. The van der Waals surface area contributed by atoms with E-state index in [0.717, 1.165) is 38.2 Å². The molecule has 21 heavy (non-hydrogen) atoms. The summed E-state index contributed by atoms with van der Waals surface area (Å²) in [7, 11) is 0. The van der Waals surface area contributed by atoms with E-state index in [1.54, 1.807) is 0 Å². The second-order valence-electron chi connectivity index (χ2n) is 5.85. The first-order valence-corrected chi connectivity index (χ1v) is 7.88. The number of nitrogens with zero attached hydrogens (tertiary/aromatic N) is 1. The Morgan fingerprint density at radius 1 is 1.29 bits per heavy atom. The van der Waals surface area contributed by atoms with Crippen LogP contribution in [0.1, 0.15) is 42.3 Å². The lowest BCUT2D eigenvalue weighted by Crippen LogP contribution is -2.18. The van der Waals surface area contributed by atoms with Crippen LogP contribution in [0.5, 0.6) is 5.75 Å². The molecule has 3 heteroatoms. The Morgan fingerprint density at radius 3 is 2.90 bits per heavy atom. The van der Waals surface area contributed by atoms with E-state index >= 15 is 0 Å². The minimum Gasteiger partial charge on any atom is -0.494 e. The van der Waals surface area contributed by atoms with E-state index in [1.165, 1.54) is 23.4 Å². The highest BCUT2D eigenvalue weighted by Gasteiger charge is 2.21. The van der Waals surface area contributed by atoms with Gasteiger partial charge >= 0.3 is 0 Å². The quantitative estimate of drug-likeness (QED) is 0.852. The number of ether oxygens (including phenoxy) is 1. The Balaban J connectivity index is 1.58. The Hall–Kier alpha value is -1.74. The van der Waals surface area contributed by atoms with Gasteiger partial charge in [0.25, 0.3) is 0 Å². The van der Waals surface area contributed by atoms with Crippen molar-refractivity contribution in [3.05, 3.63) is 53.3 Å². The van der Waals surface area contributed by atoms with E-state index in [0.29, 0.717) is 0 Å². The van der Waals surface area contributed by atoms with Crippen LogP contribution < -0.4 is 10.5 Å². The van der Waals surface area contributed by atoms with Gasteiger partial charge in [0.15, 0.2) is 0 Å². The van der Waals surface area contributed by atoms with Crippen LogP contribution in [-0.4, -0.2) is 11.2 Å². The highest BCUT2D eigenvalue weighted by atomic mass is 16.5. The molecule has 1 aromatic heterocycles. The standard InChI is InChI=1S/C18H24N2O/c1-14-13-16-17(19)9-5-10-18(16)20(14)11-6-12-21-15-7-3-2-4-8-15/h2-4,7-8,13,17H,5-6,9-12,19H2,1H3. The van der Waals surface area contributed by atoms with Crippen molar-refractivity contribution in [2.45, 2.75) is 45.2 Å². The van der Waals surface area contributed by atoms with Crippen LogP contribution in [0.2, 0.25) is 0 Å². The highest BCUT2D eigenvalue weighted by Crippen LogP contribution is 2.30. The lowest BCUT2D eigenvalue weighted by Gasteiger charge is -2.21. The van der Waals surface area contributed by atoms with Gasteiger partial charge in [0.05, 0.1) is 6.61 Å². The minimum atomic E-state index is 0.231. The van der Waals surface area contributed by atoms with Gasteiger partial charge in [0.1, 0.15) is 5.75 Å². The predicted molar refractivity (Wildman–Crippen MR) is 85.6 cm³/mol. The number of rotatable bonds is 5. The summed E-state index contributed by atoms with van der Waals surface area (Å²) < 4.78 is 8.20. The smallest absolute Gasteiger partial charge is 0.119 e. The van der Waals surface area contributed by atoms with E-state index in [4.69, 9.17) is 10.5 Å². The molecule has 3 nitrogen and oxygen atoms in total. The molecule has 1 aromatic carbocycles. The summed E-state index contributed by atoms with van der Waals surface area (Å²) in [4.78, 5) is 0. The fraction of sp³-hybridized carbons (Fsp3) is 0.444. The zero-order valence-corrected chi connectivity index (χ0v) is 12.7. The zero-order valence-electron chi connectivity index (χ0n) is 12.7. The van der Waals surface area contributed by atoms with Crippen LogP contribution in [0.15, 0.2) is 36.4 Å². The van der Waals surface area contributed by atoms with E-state index in [9.17, 15) is 0 Å². The summed E-state index contributed by atoms with van der Waals surface area (Å²) in [6.07, 6.45) is 4.51. The van der Waals surface area contributed by atoms with Crippen molar-refractivity contribution in [2.24, 2.45) is 5.73 Å². The van der Waals surface area contributed by atoms with E-state index in [2.05, 4.69) is 17.6 Å². The fourth-order valence-corrected chi connectivity index (χ4v) is 3.24. The van der Waals surface area contributed by atoms with Gasteiger partial charge in [0.2, 0.25) is 0 Å². The molecule has 2 aromatic rings. The molecule has 0 saturated carbocycles. The molecule has 1 unspecified atom stereocenters. The number of benzene rings is 1. The number of fused-ring (bicyclic) bond motifs is 1. The number of hydrogen-bond acceptors (Lipinski definition) is 2. The van der Waals surface area contributed by atoms with Crippen LogP contribution in [0.3, 0.4) is 0 Å². The largest absolute Gasteiger partial charge is 0.494 e. The normalized spacial score (nSPS) is 17.5. The number of hydrogen-bond donors (Lipinski definition) is 1. The Kier molecular flexibility index (Phi) is 4.30. The third-order valence-corrected chi connectivity index (χ3v) is 4.32. The molecule has 3 rings (SSSR count). The van der Waals surface area contributed by atoms with Crippen molar-refractivity contribution < 1.29 is 4.74 Å². The van der Waals surface area contributed by atoms with Crippen LogP contribution in [0, 0.1) is 6.92 Å². The molecule has 0 saturated heterocycles. The van der Waals surface area contributed by atoms with Crippen molar-refractivity contribution in [3.63, 3.8) is 0 Å². The van der Waals surface area contributed by atoms with Crippen molar-refractivity contribution >= 4 is 0 Å². The Morgan fingerprint density at radius 2 is 2.10 bits per heavy atom. The maximum atomic E-state index is 6.22. The molecule has 2 N–H and O–H groups in total. The Bertz CT molecular complexity index is 589. The fourth-order valence-electron chi connectivity index (χ4n) is 3.24. The molecule has 0 radical (unpaired) electrons. The molecule has 1 heterocycles. The van der Waals surface area contributed by atoms with Gasteiger partial charge in [-0.3, -0.25) is 0 Å². The predicted octanol–water partition coefficient (Wildman–Crippen LogP) is 3.60. The van der Waals surface area contributed by atoms with E-state index < -0.39 is 0 Å². The number of aryl methyl sites for hydroxylation is 1. The molecular formula is C18H24N2O. The summed E-state index contributed by atoms with van der Waals surface area (Å²) in [6, 6.07) is 12.5. The maximum absolute atomic E-state index is 6.22. The summed E-state index contributed by atoms with van der Waals surface area (Å²) in [6.45, 7) is 3.95. The molecule has 1 atom stereocenters. The second kappa shape index (κ2) is 6.35. The number of aromatic nitrogens is 1. The van der Waals surface area contributed by atoms with Crippen LogP contribution in [0.4, 0.5) is 0 Å². The zero-order chi connectivity index (χ0) is 14.7. The summed E-state index contributed by atoms with van der Waals surface area (Å²) in [5.74, 6) is 0.950. The van der Waals surface area contributed by atoms with E-state index in [-0.39, 0.29) is 6.04 Å². The average Bonchev–Trinajstić information content (AvgIpc) is 2.82. The summed E-state index contributed by atoms with van der Waals surface area (Å²) >= 11 is 0. The second-order valence-corrected chi connectivity index (χ2v) is 5.85. The maximum Gasteiger partial charge on any atom is 0.119 e. The van der Waals surface area contributed by atoms with Crippen molar-refractivity contribution in [2.75, 3.05) is 6.61 Å². The molecule has 0 spiro atoms. The van der Waals surface area contributed by atoms with Crippen LogP contribution >= 0.6 is 0 Å². The Labute approximate surface area is 126 Å². The molecular weight excluding hydrogens is 260 g/mol. The van der Waals surface area contributed by atoms with Crippen LogP contribution in [0.25, 0.3) is 0 Å². The topological polar surface area (TPSA) is 40.2 Å². The van der Waals surface area contributed by atoms with Gasteiger partial charge in [-0.1, -0.05) is 18.2 Å². The number of nitrogens with two attached hydrogens (primary N) is 1. The SMILES string of the molecule is Cc1cc2c(n1CCCOc1ccccc1)CCCC2N. The van der Waals surface area contributed by atoms with E-state index in [1.807, 2.05) is 30.3 Å². The first-order valence-electron chi connectivity index (χ1n) is 7.88. The van der Waals surface area contributed by atoms with Gasteiger partial charge < -0.3 is 15.0 Å². The van der Waals surface area contributed by atoms with Crippen molar-refractivity contribution in [3.8, 4) is 5.75 Å². The molecule has 0 fully saturated rings. The summed E-state index contributed by atoms with van der Waals surface area (Å²) in [5.41, 5.74) is 10.4. The van der Waals surface area contributed by atoms with Crippen molar-refractivity contribution in [1.29, 1.82) is 0 Å². The first-order chi connectivity index (χ1) is 10.3. The molecule has 0 aliphatic heterocycles. The molecule has 0 amide bonds. The lowest BCUT2D eigenvalue weighted by molar-refractivity contribution is 0.300. The highest BCUT2D eigenvalue weighted by molar-refractivity contribution is 5.32. The summed E-state index contributed by atoms with van der Waals surface area (Å²) in [5, 5.41) is 0.